The monoisotopic (exact) mass is 397 g/mol. The number of nitrogens with one attached hydrogen (secondary N) is 1. The molecule has 2 amide bonds. The van der Waals surface area contributed by atoms with E-state index in [9.17, 15) is 19.5 Å². The van der Waals surface area contributed by atoms with E-state index in [4.69, 9.17) is 4.74 Å². The number of piperazine rings is 1. The fraction of sp³-hybridized carbons (Fsp3) is 0.286. The first-order valence-electron chi connectivity index (χ1n) is 9.40. The molecule has 1 aliphatic heterocycles. The molecule has 1 fully saturated rings. The van der Waals surface area contributed by atoms with Crippen LogP contribution in [0.4, 0.5) is 16.2 Å². The summed E-state index contributed by atoms with van der Waals surface area (Å²) in [6.45, 7) is 4.21. The molecule has 0 bridgehead atoms. The number of anilines is 2. The Hall–Kier alpha value is -3.55. The van der Waals surface area contributed by atoms with Gasteiger partial charge in [0, 0.05) is 37.4 Å². The Morgan fingerprint density at radius 2 is 1.72 bits per heavy atom. The summed E-state index contributed by atoms with van der Waals surface area (Å²) >= 11 is 0. The van der Waals surface area contributed by atoms with E-state index in [-0.39, 0.29) is 23.3 Å². The minimum Gasteiger partial charge on any atom is -0.478 e. The predicted octanol–water partition coefficient (Wildman–Crippen LogP) is 2.92. The predicted molar refractivity (Wildman–Crippen MR) is 109 cm³/mol. The first kappa shape index (κ1) is 20.2. The van der Waals surface area contributed by atoms with Gasteiger partial charge in [-0.15, -0.1) is 0 Å². The highest BCUT2D eigenvalue weighted by Crippen LogP contribution is 2.25. The first-order valence-corrected chi connectivity index (χ1v) is 9.40. The molecule has 0 unspecified atom stereocenters. The van der Waals surface area contributed by atoms with Crippen molar-refractivity contribution in [1.82, 2.24) is 4.90 Å². The Morgan fingerprint density at radius 3 is 2.34 bits per heavy atom. The van der Waals surface area contributed by atoms with Crippen LogP contribution < -0.4 is 10.2 Å². The van der Waals surface area contributed by atoms with Crippen molar-refractivity contribution in [1.29, 1.82) is 0 Å². The maximum absolute atomic E-state index is 12.4. The molecule has 0 aliphatic carbocycles. The average Bonchev–Trinajstić information content (AvgIpc) is 2.74. The van der Waals surface area contributed by atoms with Crippen molar-refractivity contribution in [2.45, 2.75) is 6.92 Å². The van der Waals surface area contributed by atoms with Gasteiger partial charge in [-0.1, -0.05) is 18.2 Å². The number of carboxylic acid groups (broad SMARTS) is 1. The van der Waals surface area contributed by atoms with Crippen molar-refractivity contribution < 1.29 is 24.2 Å². The number of hydrogen-bond donors (Lipinski definition) is 2. The number of amides is 2. The Bertz CT molecular complexity index is 892. The van der Waals surface area contributed by atoms with Crippen molar-refractivity contribution >= 4 is 29.3 Å². The molecule has 8 heteroatoms. The lowest BCUT2D eigenvalue weighted by Gasteiger charge is -2.35. The van der Waals surface area contributed by atoms with E-state index in [0.717, 1.165) is 5.69 Å². The number of benzene rings is 2. The molecule has 1 saturated heterocycles. The zero-order valence-electron chi connectivity index (χ0n) is 16.1. The third-order valence-corrected chi connectivity index (χ3v) is 4.69. The van der Waals surface area contributed by atoms with Crippen LogP contribution in [0.15, 0.2) is 48.5 Å². The molecule has 2 aromatic rings. The Kier molecular flexibility index (Phi) is 6.33. The standard InChI is InChI=1S/C21H23N3O5/c1-2-29-21(28)24-12-10-23(11-13-24)16-8-9-18(17(14-16)20(26)27)22-19(25)15-6-4-3-5-7-15/h3-9,14H,2,10-13H2,1H3,(H,22,25)(H,26,27). The summed E-state index contributed by atoms with van der Waals surface area (Å²) in [5.74, 6) is -1.50. The van der Waals surface area contributed by atoms with Crippen LogP contribution in [-0.2, 0) is 4.74 Å². The van der Waals surface area contributed by atoms with Gasteiger partial charge < -0.3 is 25.0 Å². The number of carbonyl (C=O) groups excluding carboxylic acids is 2. The van der Waals surface area contributed by atoms with Gasteiger partial charge in [0.15, 0.2) is 0 Å². The van der Waals surface area contributed by atoms with E-state index in [1.165, 1.54) is 0 Å². The third kappa shape index (κ3) is 4.84. The second-order valence-corrected chi connectivity index (χ2v) is 6.53. The molecule has 0 aromatic heterocycles. The average molecular weight is 397 g/mol. The van der Waals surface area contributed by atoms with Gasteiger partial charge in [-0.25, -0.2) is 9.59 Å². The minimum absolute atomic E-state index is 0.0135. The topological polar surface area (TPSA) is 99.2 Å². The van der Waals surface area contributed by atoms with Crippen LogP contribution in [0.5, 0.6) is 0 Å². The zero-order valence-corrected chi connectivity index (χ0v) is 16.1. The van der Waals surface area contributed by atoms with E-state index in [0.29, 0.717) is 38.3 Å². The molecule has 1 heterocycles. The van der Waals surface area contributed by atoms with Crippen molar-refractivity contribution in [3.8, 4) is 0 Å². The summed E-state index contributed by atoms with van der Waals surface area (Å²) in [6.07, 6.45) is -0.336. The Morgan fingerprint density at radius 1 is 1.03 bits per heavy atom. The van der Waals surface area contributed by atoms with E-state index in [1.807, 2.05) is 4.90 Å². The van der Waals surface area contributed by atoms with Crippen LogP contribution in [0.25, 0.3) is 0 Å². The van der Waals surface area contributed by atoms with Crippen molar-refractivity contribution in [3.63, 3.8) is 0 Å². The fourth-order valence-electron chi connectivity index (χ4n) is 3.16. The SMILES string of the molecule is CCOC(=O)N1CCN(c2ccc(NC(=O)c3ccccc3)c(C(=O)O)c2)CC1. The van der Waals surface area contributed by atoms with Crippen LogP contribution in [-0.4, -0.2) is 60.8 Å². The number of carbonyl (C=O) groups is 3. The number of carboxylic acids is 1. The highest BCUT2D eigenvalue weighted by Gasteiger charge is 2.23. The molecular formula is C21H23N3O5. The van der Waals surface area contributed by atoms with E-state index in [1.54, 1.807) is 60.4 Å². The molecule has 0 atom stereocenters. The molecule has 1 aliphatic rings. The number of hydrogen-bond acceptors (Lipinski definition) is 5. The molecule has 0 spiro atoms. The lowest BCUT2D eigenvalue weighted by Crippen LogP contribution is -2.49. The number of nitrogens with zero attached hydrogens (tertiary/aromatic N) is 2. The normalized spacial score (nSPS) is 13.7. The molecule has 29 heavy (non-hydrogen) atoms. The van der Waals surface area contributed by atoms with Crippen molar-refractivity contribution in [2.24, 2.45) is 0 Å². The Balaban J connectivity index is 1.72. The molecule has 2 aromatic carbocycles. The lowest BCUT2D eigenvalue weighted by molar-refractivity contribution is 0.0698. The van der Waals surface area contributed by atoms with Crippen LogP contribution >= 0.6 is 0 Å². The van der Waals surface area contributed by atoms with Crippen molar-refractivity contribution in [2.75, 3.05) is 43.0 Å². The quantitative estimate of drug-likeness (QED) is 0.805. The summed E-state index contributed by atoms with van der Waals surface area (Å²) in [5.41, 5.74) is 1.42. The molecule has 2 N–H and O–H groups in total. The van der Waals surface area contributed by atoms with Crippen LogP contribution in [0.1, 0.15) is 27.6 Å². The largest absolute Gasteiger partial charge is 0.478 e. The summed E-state index contributed by atoms with van der Waals surface area (Å²) in [5, 5.41) is 12.3. The fourth-order valence-corrected chi connectivity index (χ4v) is 3.16. The second-order valence-electron chi connectivity index (χ2n) is 6.53. The summed E-state index contributed by atoms with van der Waals surface area (Å²) in [6, 6.07) is 13.5. The second kappa shape index (κ2) is 9.09. The Labute approximate surface area is 168 Å². The van der Waals surface area contributed by atoms with E-state index < -0.39 is 5.97 Å². The summed E-state index contributed by atoms with van der Waals surface area (Å²) in [7, 11) is 0. The molecule has 0 radical (unpaired) electrons. The molecule has 8 nitrogen and oxygen atoms in total. The molecule has 3 rings (SSSR count). The highest BCUT2D eigenvalue weighted by molar-refractivity contribution is 6.08. The smallest absolute Gasteiger partial charge is 0.409 e. The molecular weight excluding hydrogens is 374 g/mol. The zero-order chi connectivity index (χ0) is 20.8. The van der Waals surface area contributed by atoms with Gasteiger partial charge in [0.1, 0.15) is 0 Å². The van der Waals surface area contributed by atoms with Gasteiger partial charge in [-0.05, 0) is 37.3 Å². The van der Waals surface area contributed by atoms with Crippen molar-refractivity contribution in [3.05, 3.63) is 59.7 Å². The van der Waals surface area contributed by atoms with Gasteiger partial charge >= 0.3 is 12.1 Å². The molecule has 0 saturated carbocycles. The maximum atomic E-state index is 12.4. The van der Waals surface area contributed by atoms with Gasteiger partial charge in [0.2, 0.25) is 0 Å². The van der Waals surface area contributed by atoms with Gasteiger partial charge in [-0.3, -0.25) is 4.79 Å². The minimum atomic E-state index is -1.12. The number of aromatic carboxylic acids is 1. The number of ether oxygens (including phenoxy) is 1. The summed E-state index contributed by atoms with van der Waals surface area (Å²) < 4.78 is 5.01. The van der Waals surface area contributed by atoms with E-state index >= 15 is 0 Å². The lowest BCUT2D eigenvalue weighted by atomic mass is 10.1. The van der Waals surface area contributed by atoms with E-state index in [2.05, 4.69) is 5.32 Å². The third-order valence-electron chi connectivity index (χ3n) is 4.69. The first-order chi connectivity index (χ1) is 14.0. The maximum Gasteiger partial charge on any atom is 0.409 e. The van der Waals surface area contributed by atoms with Crippen LogP contribution in [0.3, 0.4) is 0 Å². The van der Waals surface area contributed by atoms with Crippen LogP contribution in [0.2, 0.25) is 0 Å². The summed E-state index contributed by atoms with van der Waals surface area (Å²) in [4.78, 5) is 39.6. The highest BCUT2D eigenvalue weighted by atomic mass is 16.6. The van der Waals surface area contributed by atoms with Gasteiger partial charge in [0.05, 0.1) is 17.9 Å². The van der Waals surface area contributed by atoms with Gasteiger partial charge in [-0.2, -0.15) is 0 Å². The van der Waals surface area contributed by atoms with Gasteiger partial charge in [0.25, 0.3) is 5.91 Å². The number of rotatable bonds is 5. The van der Waals surface area contributed by atoms with Crippen LogP contribution in [0, 0.1) is 0 Å². The molecule has 152 valence electrons.